The molecule has 2 saturated carbocycles. The summed E-state index contributed by atoms with van der Waals surface area (Å²) in [6, 6.07) is -0.178. The van der Waals surface area contributed by atoms with E-state index in [-0.39, 0.29) is 17.2 Å². The lowest BCUT2D eigenvalue weighted by Crippen LogP contribution is -2.40. The molecule has 8 heteroatoms. The quantitative estimate of drug-likeness (QED) is 0.796. The van der Waals surface area contributed by atoms with Crippen LogP contribution >= 0.6 is 0 Å². The molecule has 1 aromatic heterocycles. The van der Waals surface area contributed by atoms with Crippen LogP contribution in [0, 0.1) is 5.92 Å². The molecule has 1 amide bonds. The molecule has 0 radical (unpaired) electrons. The maximum Gasteiger partial charge on any atom is 0.273 e. The van der Waals surface area contributed by atoms with Crippen molar-refractivity contribution in [2.24, 2.45) is 5.92 Å². The normalized spacial score (nSPS) is 24.3. The second-order valence-corrected chi connectivity index (χ2v) is 8.88. The first-order valence-corrected chi connectivity index (χ1v) is 9.84. The zero-order valence-electron chi connectivity index (χ0n) is 12.9. The molecule has 0 aliphatic heterocycles. The van der Waals surface area contributed by atoms with Crippen LogP contribution in [0.1, 0.15) is 53.9 Å². The highest BCUT2D eigenvalue weighted by atomic mass is 32.2. The fraction of sp³-hybridized carbons (Fsp3) is 0.733. The third kappa shape index (κ3) is 3.28. The summed E-state index contributed by atoms with van der Waals surface area (Å²) in [5.41, 5.74) is 1.07. The van der Waals surface area contributed by atoms with Gasteiger partial charge in [-0.05, 0) is 44.4 Å². The molecule has 23 heavy (non-hydrogen) atoms. The smallest absolute Gasteiger partial charge is 0.273 e. The van der Waals surface area contributed by atoms with Gasteiger partial charge in [-0.2, -0.15) is 0 Å². The molecule has 1 atom stereocenters. The zero-order valence-corrected chi connectivity index (χ0v) is 13.7. The van der Waals surface area contributed by atoms with Gasteiger partial charge < -0.3 is 9.84 Å². The van der Waals surface area contributed by atoms with E-state index in [0.717, 1.165) is 18.4 Å². The summed E-state index contributed by atoms with van der Waals surface area (Å²) in [7, 11) is -3.22. The number of amides is 1. The molecular weight excluding hydrogens is 318 g/mol. The summed E-state index contributed by atoms with van der Waals surface area (Å²) in [5.74, 6) is 1.09. The highest BCUT2D eigenvalue weighted by molar-refractivity contribution is 7.90. The molecule has 0 aromatic carbocycles. The average molecular weight is 339 g/mol. The van der Waals surface area contributed by atoms with Gasteiger partial charge >= 0.3 is 0 Å². The van der Waals surface area contributed by atoms with Crippen LogP contribution in [-0.2, 0) is 22.9 Å². The number of hydrogen-bond donors (Lipinski definition) is 2. The van der Waals surface area contributed by atoms with Crippen LogP contribution < -0.4 is 10.0 Å². The first kappa shape index (κ1) is 15.1. The van der Waals surface area contributed by atoms with Crippen LogP contribution in [0.4, 0.5) is 0 Å². The lowest BCUT2D eigenvalue weighted by atomic mass is 9.92. The highest BCUT2D eigenvalue weighted by Gasteiger charge is 2.38. The number of aromatic nitrogens is 1. The van der Waals surface area contributed by atoms with E-state index in [9.17, 15) is 13.2 Å². The Hall–Kier alpha value is -1.41. The first-order valence-electron chi connectivity index (χ1n) is 8.29. The fourth-order valence-corrected chi connectivity index (χ4v) is 4.65. The summed E-state index contributed by atoms with van der Waals surface area (Å²) in [5, 5.41) is 6.57. The van der Waals surface area contributed by atoms with E-state index >= 15 is 0 Å². The molecule has 3 aliphatic rings. The number of nitrogens with zero attached hydrogens (tertiary/aromatic N) is 1. The van der Waals surface area contributed by atoms with Crippen molar-refractivity contribution in [2.45, 2.75) is 56.2 Å². The Bertz CT molecular complexity index is 719. The van der Waals surface area contributed by atoms with Crippen molar-refractivity contribution >= 4 is 15.9 Å². The monoisotopic (exact) mass is 339 g/mol. The van der Waals surface area contributed by atoms with E-state index in [2.05, 4.69) is 15.2 Å². The number of sulfonamides is 1. The van der Waals surface area contributed by atoms with Gasteiger partial charge in [0.2, 0.25) is 10.0 Å². The molecule has 1 unspecified atom stereocenters. The first-order chi connectivity index (χ1) is 11.0. The Balaban J connectivity index is 1.44. The van der Waals surface area contributed by atoms with Gasteiger partial charge in [0.1, 0.15) is 5.76 Å². The Morgan fingerprint density at radius 1 is 1.22 bits per heavy atom. The molecule has 4 rings (SSSR count). The summed E-state index contributed by atoms with van der Waals surface area (Å²) < 4.78 is 32.2. The molecular formula is C15H21N3O4S. The van der Waals surface area contributed by atoms with Crippen LogP contribution in [0.3, 0.4) is 0 Å². The van der Waals surface area contributed by atoms with Crippen molar-refractivity contribution in [2.75, 3.05) is 6.54 Å². The van der Waals surface area contributed by atoms with Gasteiger partial charge in [0.15, 0.2) is 5.69 Å². The van der Waals surface area contributed by atoms with E-state index in [1.807, 2.05) is 0 Å². The molecule has 2 N–H and O–H groups in total. The molecule has 1 heterocycles. The lowest BCUT2D eigenvalue weighted by Gasteiger charge is -2.22. The van der Waals surface area contributed by atoms with Crippen molar-refractivity contribution < 1.29 is 17.7 Å². The van der Waals surface area contributed by atoms with Crippen LogP contribution in [0.5, 0.6) is 0 Å². The number of carbonyl (C=O) groups is 1. The van der Waals surface area contributed by atoms with Gasteiger partial charge in [-0.15, -0.1) is 0 Å². The number of rotatable bonds is 6. The molecule has 7 nitrogen and oxygen atoms in total. The molecule has 0 saturated heterocycles. The van der Waals surface area contributed by atoms with Crippen molar-refractivity contribution in [3.63, 3.8) is 0 Å². The average Bonchev–Trinajstić information content (AvgIpc) is 3.41. The predicted octanol–water partition coefficient (Wildman–Crippen LogP) is 0.754. The number of fused-ring (bicyclic) bond motifs is 1. The van der Waals surface area contributed by atoms with Crippen molar-refractivity contribution in [1.29, 1.82) is 0 Å². The molecule has 2 fully saturated rings. The minimum atomic E-state index is -3.22. The van der Waals surface area contributed by atoms with Crippen LogP contribution in [-0.4, -0.2) is 37.3 Å². The fourth-order valence-electron chi connectivity index (χ4n) is 3.03. The standard InChI is InChI=1S/C15H21N3O4S/c19-15(16-8-9-1-2-9)14-12-7-10(3-6-13(12)22-17-14)18-23(20,21)11-4-5-11/h9-11,18H,1-8H2,(H,16,19). The predicted molar refractivity (Wildman–Crippen MR) is 82.5 cm³/mol. The Kier molecular flexibility index (Phi) is 3.68. The van der Waals surface area contributed by atoms with Gasteiger partial charge in [-0.25, -0.2) is 13.1 Å². The van der Waals surface area contributed by atoms with Crippen molar-refractivity contribution in [3.05, 3.63) is 17.0 Å². The van der Waals surface area contributed by atoms with E-state index in [1.165, 1.54) is 12.8 Å². The number of nitrogens with one attached hydrogen (secondary N) is 2. The Morgan fingerprint density at radius 2 is 2.00 bits per heavy atom. The van der Waals surface area contributed by atoms with E-state index in [0.29, 0.717) is 43.2 Å². The van der Waals surface area contributed by atoms with Gasteiger partial charge in [-0.1, -0.05) is 5.16 Å². The SMILES string of the molecule is O=C(NCC1CC1)c1noc2c1CC(NS(=O)(=O)C1CC1)CC2. The Labute approximate surface area is 135 Å². The summed E-state index contributed by atoms with van der Waals surface area (Å²) in [6.45, 7) is 0.679. The number of aryl methyl sites for hydroxylation is 1. The van der Waals surface area contributed by atoms with Gasteiger partial charge in [0.25, 0.3) is 5.91 Å². The molecule has 126 valence electrons. The summed E-state index contributed by atoms with van der Waals surface area (Å²) in [6.07, 6.45) is 5.58. The third-order valence-corrected chi connectivity index (χ3v) is 6.81. The number of carbonyl (C=O) groups excluding carboxylic acids is 1. The molecule has 0 bridgehead atoms. The molecule has 1 aromatic rings. The van der Waals surface area contributed by atoms with Crippen molar-refractivity contribution in [3.8, 4) is 0 Å². The summed E-state index contributed by atoms with van der Waals surface area (Å²) >= 11 is 0. The van der Waals surface area contributed by atoms with Gasteiger partial charge in [0.05, 0.1) is 5.25 Å². The van der Waals surface area contributed by atoms with E-state index in [1.54, 1.807) is 0 Å². The molecule has 0 spiro atoms. The largest absolute Gasteiger partial charge is 0.360 e. The van der Waals surface area contributed by atoms with Crippen LogP contribution in [0.2, 0.25) is 0 Å². The van der Waals surface area contributed by atoms with Crippen LogP contribution in [0.15, 0.2) is 4.52 Å². The van der Waals surface area contributed by atoms with Crippen molar-refractivity contribution in [1.82, 2.24) is 15.2 Å². The van der Waals surface area contributed by atoms with E-state index in [4.69, 9.17) is 4.52 Å². The maximum atomic E-state index is 12.2. The summed E-state index contributed by atoms with van der Waals surface area (Å²) in [4.78, 5) is 12.2. The number of hydrogen-bond acceptors (Lipinski definition) is 5. The lowest BCUT2D eigenvalue weighted by molar-refractivity contribution is 0.0942. The highest BCUT2D eigenvalue weighted by Crippen LogP contribution is 2.30. The minimum absolute atomic E-state index is 0.178. The van der Waals surface area contributed by atoms with Gasteiger partial charge in [-0.3, -0.25) is 4.79 Å². The zero-order chi connectivity index (χ0) is 16.0. The maximum absolute atomic E-state index is 12.2. The molecule has 3 aliphatic carbocycles. The minimum Gasteiger partial charge on any atom is -0.360 e. The second-order valence-electron chi connectivity index (χ2n) is 6.89. The third-order valence-electron chi connectivity index (χ3n) is 4.80. The van der Waals surface area contributed by atoms with Gasteiger partial charge in [0, 0.05) is 24.6 Å². The Morgan fingerprint density at radius 3 is 2.70 bits per heavy atom. The van der Waals surface area contributed by atoms with E-state index < -0.39 is 10.0 Å². The van der Waals surface area contributed by atoms with Crippen LogP contribution in [0.25, 0.3) is 0 Å². The second kappa shape index (κ2) is 5.59. The topological polar surface area (TPSA) is 101 Å².